The minimum atomic E-state index is -0.760. The molecule has 1 aliphatic rings. The number of likely N-dealkylation sites (tertiary alicyclic amines) is 1. The predicted molar refractivity (Wildman–Crippen MR) is 91.6 cm³/mol. The normalized spacial score (nSPS) is 13.5. The van der Waals surface area contributed by atoms with Gasteiger partial charge in [0.15, 0.2) is 11.5 Å². The summed E-state index contributed by atoms with van der Waals surface area (Å²) < 4.78 is 10.3. The molecule has 0 aromatic heterocycles. The van der Waals surface area contributed by atoms with Crippen LogP contribution in [0.5, 0.6) is 11.5 Å². The third kappa shape index (κ3) is 5.10. The first kappa shape index (κ1) is 18.6. The largest absolute Gasteiger partial charge is 0.493 e. The summed E-state index contributed by atoms with van der Waals surface area (Å²) in [5, 5.41) is 5.05. The van der Waals surface area contributed by atoms with Crippen LogP contribution in [-0.4, -0.2) is 56.5 Å². The zero-order valence-electron chi connectivity index (χ0n) is 14.5. The van der Waals surface area contributed by atoms with Gasteiger partial charge in [0.05, 0.1) is 14.2 Å². The Morgan fingerprint density at radius 2 is 1.92 bits per heavy atom. The van der Waals surface area contributed by atoms with E-state index in [0.29, 0.717) is 43.1 Å². The lowest BCUT2D eigenvalue weighted by atomic mass is 10.2. The molecule has 1 heterocycles. The number of carbonyl (C=O) groups is 3. The highest BCUT2D eigenvalue weighted by atomic mass is 16.5. The van der Waals surface area contributed by atoms with Gasteiger partial charge < -0.3 is 25.0 Å². The van der Waals surface area contributed by atoms with Crippen LogP contribution in [0.3, 0.4) is 0 Å². The van der Waals surface area contributed by atoms with Crippen LogP contribution in [0.4, 0.5) is 5.69 Å². The van der Waals surface area contributed by atoms with Crippen LogP contribution in [0.1, 0.15) is 19.3 Å². The van der Waals surface area contributed by atoms with E-state index < -0.39 is 11.8 Å². The van der Waals surface area contributed by atoms with E-state index in [9.17, 15) is 14.4 Å². The molecule has 0 spiro atoms. The summed E-state index contributed by atoms with van der Waals surface area (Å²) in [5.41, 5.74) is 0.431. The number of hydrogen-bond acceptors (Lipinski definition) is 5. The molecule has 2 N–H and O–H groups in total. The maximum atomic E-state index is 11.9. The molecule has 0 radical (unpaired) electrons. The van der Waals surface area contributed by atoms with E-state index in [0.717, 1.165) is 13.0 Å². The Hall–Kier alpha value is -2.77. The highest BCUT2D eigenvalue weighted by Gasteiger charge is 2.19. The second-order valence-electron chi connectivity index (χ2n) is 5.62. The fraction of sp³-hybridized carbons (Fsp3) is 0.471. The first-order valence-electron chi connectivity index (χ1n) is 8.14. The van der Waals surface area contributed by atoms with Crippen molar-refractivity contribution in [2.75, 3.05) is 39.2 Å². The summed E-state index contributed by atoms with van der Waals surface area (Å²) >= 11 is 0. The molecule has 0 aliphatic carbocycles. The minimum absolute atomic E-state index is 0.150. The van der Waals surface area contributed by atoms with Gasteiger partial charge in [-0.2, -0.15) is 0 Å². The lowest BCUT2D eigenvalue weighted by molar-refractivity contribution is -0.136. The van der Waals surface area contributed by atoms with Crippen molar-refractivity contribution in [3.8, 4) is 11.5 Å². The third-order valence-electron chi connectivity index (χ3n) is 3.91. The summed E-state index contributed by atoms with van der Waals surface area (Å²) in [6.07, 6.45) is 2.10. The quantitative estimate of drug-likeness (QED) is 0.560. The Morgan fingerprint density at radius 1 is 1.16 bits per heavy atom. The van der Waals surface area contributed by atoms with E-state index >= 15 is 0 Å². The first-order valence-corrected chi connectivity index (χ1v) is 8.14. The number of amides is 3. The van der Waals surface area contributed by atoms with Crippen LogP contribution in [0.15, 0.2) is 18.2 Å². The van der Waals surface area contributed by atoms with Gasteiger partial charge in [0.2, 0.25) is 5.91 Å². The molecule has 1 aromatic carbocycles. The monoisotopic (exact) mass is 349 g/mol. The number of hydrogen-bond donors (Lipinski definition) is 2. The first-order chi connectivity index (χ1) is 12.0. The Morgan fingerprint density at radius 3 is 2.56 bits per heavy atom. The van der Waals surface area contributed by atoms with E-state index in [1.165, 1.54) is 14.2 Å². The SMILES string of the molecule is COc1ccc(NC(=O)C(=O)NCCCN2CCCC2=O)cc1OC. The number of ether oxygens (including phenoxy) is 2. The highest BCUT2D eigenvalue weighted by Crippen LogP contribution is 2.29. The summed E-state index contributed by atoms with van der Waals surface area (Å²) in [4.78, 5) is 37.0. The van der Waals surface area contributed by atoms with E-state index in [2.05, 4.69) is 10.6 Å². The number of rotatable bonds is 7. The lowest BCUT2D eigenvalue weighted by Crippen LogP contribution is -2.37. The number of anilines is 1. The highest BCUT2D eigenvalue weighted by molar-refractivity contribution is 6.39. The molecule has 0 saturated carbocycles. The van der Waals surface area contributed by atoms with Crippen LogP contribution < -0.4 is 20.1 Å². The average molecular weight is 349 g/mol. The molecular formula is C17H23N3O5. The zero-order chi connectivity index (χ0) is 18.2. The van der Waals surface area contributed by atoms with Gasteiger partial charge in [-0.3, -0.25) is 14.4 Å². The van der Waals surface area contributed by atoms with Crippen LogP contribution in [0, 0.1) is 0 Å². The molecule has 8 nitrogen and oxygen atoms in total. The molecule has 3 amide bonds. The Kier molecular flexibility index (Phi) is 6.62. The Labute approximate surface area is 146 Å². The summed E-state index contributed by atoms with van der Waals surface area (Å²) in [6, 6.07) is 4.83. The summed E-state index contributed by atoms with van der Waals surface area (Å²) in [7, 11) is 3.00. The van der Waals surface area contributed by atoms with Crippen molar-refractivity contribution >= 4 is 23.4 Å². The molecule has 25 heavy (non-hydrogen) atoms. The van der Waals surface area contributed by atoms with Gasteiger partial charge in [-0.05, 0) is 25.0 Å². The molecule has 1 aliphatic heterocycles. The fourth-order valence-corrected chi connectivity index (χ4v) is 2.59. The molecule has 0 bridgehead atoms. The average Bonchev–Trinajstić information content (AvgIpc) is 3.03. The number of nitrogens with one attached hydrogen (secondary N) is 2. The van der Waals surface area contributed by atoms with E-state index in [1.54, 1.807) is 23.1 Å². The lowest BCUT2D eigenvalue weighted by Gasteiger charge is -2.15. The standard InChI is InChI=1S/C17H23N3O5/c1-24-13-7-6-12(11-14(13)25-2)19-17(23)16(22)18-8-4-10-20-9-3-5-15(20)21/h6-7,11H,3-5,8-10H2,1-2H3,(H,18,22)(H,19,23). The van der Waals surface area contributed by atoms with E-state index in [-0.39, 0.29) is 5.91 Å². The van der Waals surface area contributed by atoms with Gasteiger partial charge in [0.25, 0.3) is 0 Å². The molecule has 0 atom stereocenters. The molecule has 8 heteroatoms. The summed E-state index contributed by atoms with van der Waals surface area (Å²) in [5.74, 6) is -0.345. The van der Waals surface area contributed by atoms with Gasteiger partial charge in [-0.25, -0.2) is 0 Å². The number of nitrogens with zero attached hydrogens (tertiary/aromatic N) is 1. The fourth-order valence-electron chi connectivity index (χ4n) is 2.59. The maximum absolute atomic E-state index is 11.9. The smallest absolute Gasteiger partial charge is 0.313 e. The zero-order valence-corrected chi connectivity index (χ0v) is 14.5. The Bertz CT molecular complexity index is 647. The Balaban J connectivity index is 1.76. The molecule has 1 saturated heterocycles. The molecule has 0 unspecified atom stereocenters. The predicted octanol–water partition coefficient (Wildman–Crippen LogP) is 0.771. The van der Waals surface area contributed by atoms with Crippen molar-refractivity contribution in [3.05, 3.63) is 18.2 Å². The van der Waals surface area contributed by atoms with E-state index in [4.69, 9.17) is 9.47 Å². The van der Waals surface area contributed by atoms with Crippen molar-refractivity contribution in [1.29, 1.82) is 0 Å². The topological polar surface area (TPSA) is 97.0 Å². The van der Waals surface area contributed by atoms with Crippen molar-refractivity contribution in [3.63, 3.8) is 0 Å². The summed E-state index contributed by atoms with van der Waals surface area (Å²) in [6.45, 7) is 1.70. The number of methoxy groups -OCH3 is 2. The van der Waals surface area contributed by atoms with Crippen molar-refractivity contribution in [1.82, 2.24) is 10.2 Å². The molecule has 1 fully saturated rings. The van der Waals surface area contributed by atoms with Gasteiger partial charge >= 0.3 is 11.8 Å². The number of carbonyl (C=O) groups excluding carboxylic acids is 3. The van der Waals surface area contributed by atoms with Crippen molar-refractivity contribution < 1.29 is 23.9 Å². The molecule has 1 aromatic rings. The molecule has 136 valence electrons. The van der Waals surface area contributed by atoms with Gasteiger partial charge in [-0.1, -0.05) is 0 Å². The minimum Gasteiger partial charge on any atom is -0.493 e. The molecular weight excluding hydrogens is 326 g/mol. The second kappa shape index (κ2) is 8.91. The van der Waals surface area contributed by atoms with Crippen molar-refractivity contribution in [2.24, 2.45) is 0 Å². The second-order valence-corrected chi connectivity index (χ2v) is 5.62. The van der Waals surface area contributed by atoms with Gasteiger partial charge in [0.1, 0.15) is 0 Å². The van der Waals surface area contributed by atoms with Crippen LogP contribution in [0.25, 0.3) is 0 Å². The van der Waals surface area contributed by atoms with Crippen LogP contribution in [-0.2, 0) is 14.4 Å². The molecule has 2 rings (SSSR count). The van der Waals surface area contributed by atoms with Crippen LogP contribution >= 0.6 is 0 Å². The maximum Gasteiger partial charge on any atom is 0.313 e. The van der Waals surface area contributed by atoms with Crippen LogP contribution in [0.2, 0.25) is 0 Å². The van der Waals surface area contributed by atoms with Crippen molar-refractivity contribution in [2.45, 2.75) is 19.3 Å². The van der Waals surface area contributed by atoms with Gasteiger partial charge in [0, 0.05) is 37.8 Å². The number of benzene rings is 1. The van der Waals surface area contributed by atoms with Gasteiger partial charge in [-0.15, -0.1) is 0 Å². The third-order valence-corrected chi connectivity index (χ3v) is 3.91. The van der Waals surface area contributed by atoms with E-state index in [1.807, 2.05) is 0 Å².